The van der Waals surface area contributed by atoms with Gasteiger partial charge in [0.15, 0.2) is 7.38 Å². The lowest BCUT2D eigenvalue weighted by atomic mass is 9.99. The van der Waals surface area contributed by atoms with Crippen molar-refractivity contribution < 1.29 is 0 Å². The molecule has 0 aromatic rings. The molecule has 0 atom stereocenters. The van der Waals surface area contributed by atoms with Crippen LogP contribution in [0, 0.1) is 0 Å². The van der Waals surface area contributed by atoms with E-state index in [0.29, 0.717) is 0 Å². The maximum absolute atomic E-state index is 7.03. The van der Waals surface area contributed by atoms with Crippen molar-refractivity contribution in [1.29, 1.82) is 0 Å². The van der Waals surface area contributed by atoms with Crippen molar-refractivity contribution in [3.63, 3.8) is 0 Å². The van der Waals surface area contributed by atoms with E-state index in [-0.39, 0.29) is 0 Å². The minimum atomic E-state index is -1.43. The van der Waals surface area contributed by atoms with Crippen molar-refractivity contribution in [2.45, 2.75) is 81.8 Å². The summed E-state index contributed by atoms with van der Waals surface area (Å²) < 4.78 is 0. The lowest BCUT2D eigenvalue weighted by molar-refractivity contribution is 0.459. The molecule has 0 bridgehead atoms. The molecule has 0 amide bonds. The first-order valence-electron chi connectivity index (χ1n) is 6.90. The highest BCUT2D eigenvalue weighted by Crippen LogP contribution is 2.49. The molecule has 2 saturated carbocycles. The highest BCUT2D eigenvalue weighted by Gasteiger charge is 2.42. The highest BCUT2D eigenvalue weighted by molar-refractivity contribution is 7.21. The molecule has 0 N–H and O–H groups in total. The summed E-state index contributed by atoms with van der Waals surface area (Å²) in [5, 5.41) is 0. The molecule has 2 fully saturated rings. The topological polar surface area (TPSA) is 0 Å². The van der Waals surface area contributed by atoms with Crippen LogP contribution < -0.4 is 0 Å². The predicted molar refractivity (Wildman–Crippen MR) is 71.1 cm³/mol. The van der Waals surface area contributed by atoms with Crippen LogP contribution in [0.1, 0.15) is 64.2 Å². The number of halogens is 1. The SMILES string of the molecule is C[Si](Cl)(C1CCCCC1)C1CCCCC1. The lowest BCUT2D eigenvalue weighted by Gasteiger charge is -2.40. The van der Waals surface area contributed by atoms with Gasteiger partial charge in [-0.1, -0.05) is 70.8 Å². The van der Waals surface area contributed by atoms with Crippen LogP contribution in [0.5, 0.6) is 0 Å². The Kier molecular flexibility index (Phi) is 4.17. The largest absolute Gasteiger partial charge is 0.167 e. The Morgan fingerprint density at radius 3 is 1.40 bits per heavy atom. The summed E-state index contributed by atoms with van der Waals surface area (Å²) in [6.45, 7) is 2.47. The number of rotatable bonds is 2. The van der Waals surface area contributed by atoms with Crippen LogP contribution in [0.2, 0.25) is 17.6 Å². The first kappa shape index (κ1) is 12.0. The molecule has 0 saturated heterocycles. The third kappa shape index (κ3) is 2.79. The van der Waals surface area contributed by atoms with Crippen LogP contribution in [-0.2, 0) is 0 Å². The van der Waals surface area contributed by atoms with Crippen LogP contribution in [0.15, 0.2) is 0 Å². The molecule has 2 aliphatic rings. The van der Waals surface area contributed by atoms with Gasteiger partial charge < -0.3 is 0 Å². The van der Waals surface area contributed by atoms with Crippen LogP contribution in [0.3, 0.4) is 0 Å². The van der Waals surface area contributed by atoms with Gasteiger partial charge in [0.2, 0.25) is 0 Å². The molecule has 0 aliphatic heterocycles. The van der Waals surface area contributed by atoms with Gasteiger partial charge in [-0.25, -0.2) is 0 Å². The second-order valence-corrected chi connectivity index (χ2v) is 12.2. The van der Waals surface area contributed by atoms with Crippen molar-refractivity contribution in [2.75, 3.05) is 0 Å². The summed E-state index contributed by atoms with van der Waals surface area (Å²) in [7, 11) is -1.43. The quantitative estimate of drug-likeness (QED) is 0.446. The molecule has 0 nitrogen and oxygen atoms in total. The number of hydrogen-bond acceptors (Lipinski definition) is 0. The first-order chi connectivity index (χ1) is 7.21. The van der Waals surface area contributed by atoms with Crippen molar-refractivity contribution >= 4 is 18.5 Å². The Balaban J connectivity index is 1.96. The third-order valence-electron chi connectivity index (χ3n) is 4.81. The van der Waals surface area contributed by atoms with E-state index < -0.39 is 7.38 Å². The summed E-state index contributed by atoms with van der Waals surface area (Å²) in [5.74, 6) is 0. The summed E-state index contributed by atoms with van der Waals surface area (Å²) >= 11 is 7.03. The zero-order valence-corrected chi connectivity index (χ0v) is 11.9. The maximum atomic E-state index is 7.03. The van der Waals surface area contributed by atoms with Crippen LogP contribution in [0.4, 0.5) is 0 Å². The van der Waals surface area contributed by atoms with Gasteiger partial charge in [-0.3, -0.25) is 0 Å². The predicted octanol–water partition coefficient (Wildman–Crippen LogP) is 5.47. The fraction of sp³-hybridized carbons (Fsp3) is 1.00. The molecule has 2 aliphatic carbocycles. The van der Waals surface area contributed by atoms with E-state index >= 15 is 0 Å². The normalized spacial score (nSPS) is 26.8. The molecular formula is C13H25ClSi. The van der Waals surface area contributed by atoms with Crippen molar-refractivity contribution in [2.24, 2.45) is 0 Å². The van der Waals surface area contributed by atoms with E-state index in [2.05, 4.69) is 6.55 Å². The Bertz CT molecular complexity index is 171. The molecule has 15 heavy (non-hydrogen) atoms. The van der Waals surface area contributed by atoms with E-state index in [1.165, 1.54) is 64.2 Å². The van der Waals surface area contributed by atoms with Crippen molar-refractivity contribution in [3.05, 3.63) is 0 Å². The average Bonchev–Trinajstić information content (AvgIpc) is 2.31. The van der Waals surface area contributed by atoms with Crippen LogP contribution >= 0.6 is 11.1 Å². The molecule has 0 unspecified atom stereocenters. The minimum Gasteiger partial charge on any atom is -0.167 e. The first-order valence-corrected chi connectivity index (χ1v) is 10.6. The highest BCUT2D eigenvalue weighted by atomic mass is 35.6. The molecule has 0 heterocycles. The summed E-state index contributed by atoms with van der Waals surface area (Å²) in [6, 6.07) is 0. The number of hydrogen-bond donors (Lipinski definition) is 0. The molecular weight excluding hydrogens is 220 g/mol. The van der Waals surface area contributed by atoms with Gasteiger partial charge in [-0.15, -0.1) is 0 Å². The van der Waals surface area contributed by atoms with Crippen molar-refractivity contribution in [3.8, 4) is 0 Å². The third-order valence-corrected chi connectivity index (χ3v) is 11.0. The van der Waals surface area contributed by atoms with Gasteiger partial charge in [0.05, 0.1) is 0 Å². The average molecular weight is 245 g/mol. The molecule has 0 radical (unpaired) electrons. The zero-order chi connectivity index (χ0) is 10.7. The standard InChI is InChI=1S/C13H25ClSi/c1-15(14,12-8-4-2-5-9-12)13-10-6-3-7-11-13/h12-13H,2-11H2,1H3. The smallest absolute Gasteiger partial charge is 0.159 e. The van der Waals surface area contributed by atoms with Gasteiger partial charge in [0, 0.05) is 0 Å². The van der Waals surface area contributed by atoms with Gasteiger partial charge in [0.25, 0.3) is 0 Å². The van der Waals surface area contributed by atoms with E-state index in [1.807, 2.05) is 0 Å². The minimum absolute atomic E-state index is 0.941. The lowest BCUT2D eigenvalue weighted by Crippen LogP contribution is -2.37. The van der Waals surface area contributed by atoms with E-state index in [0.717, 1.165) is 11.1 Å². The fourth-order valence-corrected chi connectivity index (χ4v) is 8.72. The second kappa shape index (κ2) is 5.22. The monoisotopic (exact) mass is 244 g/mol. The molecule has 2 heteroatoms. The Labute approximate surface area is 100 Å². The van der Waals surface area contributed by atoms with Crippen LogP contribution in [-0.4, -0.2) is 7.38 Å². The van der Waals surface area contributed by atoms with Crippen LogP contribution in [0.25, 0.3) is 0 Å². The molecule has 0 aromatic carbocycles. The van der Waals surface area contributed by atoms with Crippen molar-refractivity contribution in [1.82, 2.24) is 0 Å². The van der Waals surface area contributed by atoms with Gasteiger partial charge in [-0.2, -0.15) is 11.1 Å². The van der Waals surface area contributed by atoms with E-state index in [1.54, 1.807) is 0 Å². The molecule has 2 rings (SSSR count). The van der Waals surface area contributed by atoms with E-state index in [9.17, 15) is 0 Å². The Morgan fingerprint density at radius 1 is 0.733 bits per heavy atom. The summed E-state index contributed by atoms with van der Waals surface area (Å²) in [4.78, 5) is 0. The molecule has 0 aromatic heterocycles. The van der Waals surface area contributed by atoms with E-state index in [4.69, 9.17) is 11.1 Å². The Morgan fingerprint density at radius 2 is 1.07 bits per heavy atom. The maximum Gasteiger partial charge on any atom is 0.159 e. The molecule has 0 spiro atoms. The summed E-state index contributed by atoms with van der Waals surface area (Å²) in [5.41, 5.74) is 1.88. The van der Waals surface area contributed by atoms with Gasteiger partial charge >= 0.3 is 0 Å². The summed E-state index contributed by atoms with van der Waals surface area (Å²) in [6.07, 6.45) is 14.5. The molecule has 88 valence electrons. The van der Waals surface area contributed by atoms with Gasteiger partial charge in [0.1, 0.15) is 0 Å². The Hall–Kier alpha value is 0.507. The fourth-order valence-electron chi connectivity index (χ4n) is 3.67. The van der Waals surface area contributed by atoms with Gasteiger partial charge in [-0.05, 0) is 11.1 Å². The second-order valence-electron chi connectivity index (χ2n) is 5.82. The zero-order valence-electron chi connectivity index (χ0n) is 10.1.